The lowest BCUT2D eigenvalue weighted by Crippen LogP contribution is -2.39. The molecule has 5 nitrogen and oxygen atoms in total. The number of nitrogens with zero attached hydrogens (tertiary/aromatic N) is 2. The highest BCUT2D eigenvalue weighted by Crippen LogP contribution is 2.26. The molecule has 1 aromatic carbocycles. The summed E-state index contributed by atoms with van der Waals surface area (Å²) in [7, 11) is 0. The molecular formula is C19H21F5N4O. The minimum absolute atomic E-state index is 0.0766. The van der Waals surface area contributed by atoms with Crippen molar-refractivity contribution in [3.63, 3.8) is 0 Å². The number of benzene rings is 1. The molecular weight excluding hydrogens is 395 g/mol. The molecule has 0 saturated heterocycles. The number of rotatable bonds is 4. The van der Waals surface area contributed by atoms with Gasteiger partial charge in [-0.25, -0.2) is 26.7 Å². The van der Waals surface area contributed by atoms with E-state index in [-0.39, 0.29) is 6.04 Å². The second-order valence-electron chi connectivity index (χ2n) is 7.19. The molecule has 0 spiro atoms. The molecule has 1 aliphatic carbocycles. The summed E-state index contributed by atoms with van der Waals surface area (Å²) in [5.74, 6) is -10.0. The number of carbonyl (C=O) groups excluding carboxylic acids is 1. The predicted octanol–water partition coefficient (Wildman–Crippen LogP) is 4.70. The Hall–Kier alpha value is -2.65. The third-order valence-electron chi connectivity index (χ3n) is 5.17. The zero-order chi connectivity index (χ0) is 21.3. The molecule has 1 aliphatic rings. The van der Waals surface area contributed by atoms with Gasteiger partial charge in [0.15, 0.2) is 23.3 Å². The van der Waals surface area contributed by atoms with E-state index in [1.165, 1.54) is 6.92 Å². The van der Waals surface area contributed by atoms with Crippen LogP contribution < -0.4 is 10.6 Å². The molecule has 1 aromatic heterocycles. The summed E-state index contributed by atoms with van der Waals surface area (Å²) in [5.41, 5.74) is 0.00258. The molecule has 0 unspecified atom stereocenters. The summed E-state index contributed by atoms with van der Waals surface area (Å²) in [5, 5.41) is 9.61. The van der Waals surface area contributed by atoms with Crippen LogP contribution in [-0.4, -0.2) is 21.9 Å². The summed E-state index contributed by atoms with van der Waals surface area (Å²) < 4.78 is 69.1. The van der Waals surface area contributed by atoms with E-state index in [4.69, 9.17) is 0 Å². The number of nitrogens with one attached hydrogen (secondary N) is 2. The summed E-state index contributed by atoms with van der Waals surface area (Å²) in [6.07, 6.45) is 5.02. The van der Waals surface area contributed by atoms with Gasteiger partial charge in [0.25, 0.3) is 0 Å². The first kappa shape index (κ1) is 21.1. The number of urea groups is 1. The van der Waals surface area contributed by atoms with Crippen LogP contribution in [0.2, 0.25) is 0 Å². The zero-order valence-electron chi connectivity index (χ0n) is 16.0. The zero-order valence-corrected chi connectivity index (χ0v) is 16.0. The van der Waals surface area contributed by atoms with E-state index in [2.05, 4.69) is 15.7 Å². The van der Waals surface area contributed by atoms with Crippen molar-refractivity contribution < 1.29 is 26.7 Å². The van der Waals surface area contributed by atoms with Crippen molar-refractivity contribution in [2.45, 2.75) is 58.5 Å². The number of carbonyl (C=O) groups is 1. The molecule has 2 amide bonds. The first-order valence-electron chi connectivity index (χ1n) is 9.32. The molecule has 1 heterocycles. The van der Waals surface area contributed by atoms with Crippen LogP contribution in [0.5, 0.6) is 0 Å². The van der Waals surface area contributed by atoms with Crippen LogP contribution in [0.3, 0.4) is 0 Å². The van der Waals surface area contributed by atoms with Crippen LogP contribution in [0, 0.1) is 42.9 Å². The van der Waals surface area contributed by atoms with Gasteiger partial charge < -0.3 is 10.6 Å². The molecule has 10 heteroatoms. The van der Waals surface area contributed by atoms with Gasteiger partial charge in [-0.3, -0.25) is 4.68 Å². The molecule has 2 N–H and O–H groups in total. The Morgan fingerprint density at radius 1 is 0.966 bits per heavy atom. The maximum Gasteiger partial charge on any atom is 0.319 e. The Bertz CT molecular complexity index is 908. The van der Waals surface area contributed by atoms with E-state index in [1.54, 1.807) is 6.92 Å². The highest BCUT2D eigenvalue weighted by atomic mass is 19.2. The molecule has 158 valence electrons. The third kappa shape index (κ3) is 4.20. The molecule has 3 rings (SSSR count). The lowest BCUT2D eigenvalue weighted by atomic mass is 9.96. The Morgan fingerprint density at radius 2 is 1.52 bits per heavy atom. The van der Waals surface area contributed by atoms with Gasteiger partial charge in [0.1, 0.15) is 0 Å². The maximum absolute atomic E-state index is 14.0. The van der Waals surface area contributed by atoms with Crippen molar-refractivity contribution in [2.24, 2.45) is 0 Å². The molecule has 0 atom stereocenters. The van der Waals surface area contributed by atoms with E-state index in [9.17, 15) is 26.7 Å². The summed E-state index contributed by atoms with van der Waals surface area (Å²) in [6.45, 7) is 2.42. The number of halogens is 5. The first-order chi connectivity index (χ1) is 13.7. The van der Waals surface area contributed by atoms with Crippen LogP contribution >= 0.6 is 0 Å². The minimum Gasteiger partial charge on any atom is -0.335 e. The molecule has 1 fully saturated rings. The van der Waals surface area contributed by atoms with E-state index >= 15 is 0 Å². The normalized spacial score (nSPS) is 14.9. The fourth-order valence-electron chi connectivity index (χ4n) is 3.55. The maximum atomic E-state index is 14.0. The van der Waals surface area contributed by atoms with Gasteiger partial charge >= 0.3 is 6.03 Å². The van der Waals surface area contributed by atoms with Gasteiger partial charge in [-0.05, 0) is 26.7 Å². The van der Waals surface area contributed by atoms with Crippen molar-refractivity contribution in [2.75, 3.05) is 5.32 Å². The SMILES string of the molecule is Cc1nn(Cc2c(F)c(F)c(F)c(F)c2F)c(C)c1NC(=O)NC1CCCCC1. The standard InChI is InChI=1S/C19H21F5N4O/c1-9-18(26-19(29)25-11-6-4-3-5-7-11)10(2)28(27-9)8-12-13(20)15(22)17(24)16(23)14(12)21/h11H,3-8H2,1-2H3,(H2,25,26,29). The van der Waals surface area contributed by atoms with E-state index in [0.29, 0.717) is 17.1 Å². The third-order valence-corrected chi connectivity index (χ3v) is 5.17. The van der Waals surface area contributed by atoms with Crippen molar-refractivity contribution in [1.82, 2.24) is 15.1 Å². The average Bonchev–Trinajstić information content (AvgIpc) is 2.96. The number of aromatic nitrogens is 2. The molecule has 1 saturated carbocycles. The number of hydrogen-bond donors (Lipinski definition) is 2. The topological polar surface area (TPSA) is 59.0 Å². The second kappa shape index (κ2) is 8.38. The Balaban J connectivity index is 1.80. The quantitative estimate of drug-likeness (QED) is 0.431. The molecule has 0 bridgehead atoms. The Morgan fingerprint density at radius 3 is 2.10 bits per heavy atom. The van der Waals surface area contributed by atoms with Crippen LogP contribution in [0.25, 0.3) is 0 Å². The molecule has 2 aromatic rings. The molecule has 29 heavy (non-hydrogen) atoms. The smallest absolute Gasteiger partial charge is 0.319 e. The van der Waals surface area contributed by atoms with Crippen LogP contribution in [-0.2, 0) is 6.54 Å². The second-order valence-corrected chi connectivity index (χ2v) is 7.19. The first-order valence-corrected chi connectivity index (χ1v) is 9.32. The Labute approximate surface area is 164 Å². The van der Waals surface area contributed by atoms with Crippen molar-refractivity contribution in [3.05, 3.63) is 46.0 Å². The van der Waals surface area contributed by atoms with E-state index in [1.807, 2.05) is 0 Å². The van der Waals surface area contributed by atoms with E-state index < -0.39 is 47.2 Å². The number of aryl methyl sites for hydroxylation is 1. The lowest BCUT2D eigenvalue weighted by Gasteiger charge is -2.22. The van der Waals surface area contributed by atoms with Crippen molar-refractivity contribution in [1.29, 1.82) is 0 Å². The number of amides is 2. The highest BCUT2D eigenvalue weighted by molar-refractivity contribution is 5.90. The van der Waals surface area contributed by atoms with Gasteiger partial charge in [-0.15, -0.1) is 0 Å². The van der Waals surface area contributed by atoms with Gasteiger partial charge in [0.2, 0.25) is 5.82 Å². The van der Waals surface area contributed by atoms with E-state index in [0.717, 1.165) is 36.8 Å². The minimum atomic E-state index is -2.21. The highest BCUT2D eigenvalue weighted by Gasteiger charge is 2.27. The fraction of sp³-hybridized carbons (Fsp3) is 0.474. The van der Waals surface area contributed by atoms with Crippen molar-refractivity contribution >= 4 is 11.7 Å². The average molecular weight is 416 g/mol. The fourth-order valence-corrected chi connectivity index (χ4v) is 3.55. The lowest BCUT2D eigenvalue weighted by molar-refractivity contribution is 0.244. The summed E-state index contributed by atoms with van der Waals surface area (Å²) in [4.78, 5) is 12.3. The van der Waals surface area contributed by atoms with Crippen LogP contribution in [0.4, 0.5) is 32.4 Å². The Kier molecular flexibility index (Phi) is 6.09. The predicted molar refractivity (Wildman–Crippen MR) is 96.1 cm³/mol. The van der Waals surface area contributed by atoms with Crippen LogP contribution in [0.15, 0.2) is 0 Å². The number of hydrogen-bond acceptors (Lipinski definition) is 2. The van der Waals surface area contributed by atoms with Gasteiger partial charge in [-0.2, -0.15) is 5.10 Å². The summed E-state index contributed by atoms with van der Waals surface area (Å²) in [6, 6.07) is -0.355. The molecule has 0 aliphatic heterocycles. The number of anilines is 1. The monoisotopic (exact) mass is 416 g/mol. The van der Waals surface area contributed by atoms with Gasteiger partial charge in [0, 0.05) is 6.04 Å². The summed E-state index contributed by atoms with van der Waals surface area (Å²) >= 11 is 0. The molecule has 0 radical (unpaired) electrons. The van der Waals surface area contributed by atoms with Gasteiger partial charge in [0.05, 0.1) is 29.2 Å². The van der Waals surface area contributed by atoms with Crippen molar-refractivity contribution in [3.8, 4) is 0 Å². The largest absolute Gasteiger partial charge is 0.335 e. The van der Waals surface area contributed by atoms with Gasteiger partial charge in [-0.1, -0.05) is 19.3 Å². The van der Waals surface area contributed by atoms with Crippen LogP contribution in [0.1, 0.15) is 49.1 Å².